The molecule has 0 radical (unpaired) electrons. The molecular weight excluding hydrogens is 449 g/mol. The standard InChI is InChI=1S/C27H26FN3O2S/c1-16(2)17-6-8-18(9-7-17)25-21(14-29)27(31-22-4-3-5-23(32)26(22)25)34-15-24(33)30-20-12-10-19(28)11-13-20/h6-13,16,25,31H,3-5,15H2,1-2H3,(H,30,33). The monoisotopic (exact) mass is 475 g/mol. The van der Waals surface area contributed by atoms with E-state index in [1.807, 2.05) is 24.3 Å². The lowest BCUT2D eigenvalue weighted by Crippen LogP contribution is -2.31. The second-order valence-corrected chi connectivity index (χ2v) is 9.73. The van der Waals surface area contributed by atoms with Crippen molar-refractivity contribution in [2.45, 2.75) is 44.9 Å². The third-order valence-corrected chi connectivity index (χ3v) is 7.09. The van der Waals surface area contributed by atoms with Crippen molar-refractivity contribution >= 4 is 29.1 Å². The first-order valence-electron chi connectivity index (χ1n) is 11.3. The van der Waals surface area contributed by atoms with Crippen LogP contribution in [0.3, 0.4) is 0 Å². The molecule has 1 aliphatic heterocycles. The molecular formula is C27H26FN3O2S. The highest BCUT2D eigenvalue weighted by atomic mass is 32.2. The van der Waals surface area contributed by atoms with Gasteiger partial charge in [-0.05, 0) is 54.2 Å². The van der Waals surface area contributed by atoms with E-state index < -0.39 is 5.92 Å². The van der Waals surface area contributed by atoms with Crippen molar-refractivity contribution in [1.82, 2.24) is 5.32 Å². The maximum atomic E-state index is 13.1. The first-order valence-corrected chi connectivity index (χ1v) is 12.3. The van der Waals surface area contributed by atoms with Crippen molar-refractivity contribution in [3.63, 3.8) is 0 Å². The maximum absolute atomic E-state index is 13.1. The van der Waals surface area contributed by atoms with E-state index in [1.165, 1.54) is 41.6 Å². The largest absolute Gasteiger partial charge is 0.352 e. The molecule has 5 nitrogen and oxygen atoms in total. The molecule has 34 heavy (non-hydrogen) atoms. The smallest absolute Gasteiger partial charge is 0.234 e. The van der Waals surface area contributed by atoms with Gasteiger partial charge in [-0.2, -0.15) is 5.26 Å². The number of allylic oxidation sites excluding steroid dienone is 3. The number of carbonyl (C=O) groups excluding carboxylic acids is 2. The predicted octanol–water partition coefficient (Wildman–Crippen LogP) is 5.75. The number of thioether (sulfide) groups is 1. The van der Waals surface area contributed by atoms with E-state index in [0.29, 0.717) is 34.2 Å². The fourth-order valence-electron chi connectivity index (χ4n) is 4.31. The van der Waals surface area contributed by atoms with Gasteiger partial charge in [0.15, 0.2) is 5.78 Å². The van der Waals surface area contributed by atoms with Gasteiger partial charge in [-0.15, -0.1) is 0 Å². The van der Waals surface area contributed by atoms with E-state index >= 15 is 0 Å². The first kappa shape index (κ1) is 23.8. The molecule has 2 aliphatic rings. The highest BCUT2D eigenvalue weighted by molar-refractivity contribution is 8.03. The van der Waals surface area contributed by atoms with E-state index in [2.05, 4.69) is 30.6 Å². The number of hydrogen-bond acceptors (Lipinski definition) is 5. The molecule has 4 rings (SSSR count). The molecule has 7 heteroatoms. The van der Waals surface area contributed by atoms with E-state index in [4.69, 9.17) is 0 Å². The number of ketones is 1. The maximum Gasteiger partial charge on any atom is 0.234 e. The average molecular weight is 476 g/mol. The Morgan fingerprint density at radius 1 is 1.18 bits per heavy atom. The van der Waals surface area contributed by atoms with Crippen LogP contribution in [0.15, 0.2) is 70.4 Å². The van der Waals surface area contributed by atoms with Gasteiger partial charge < -0.3 is 10.6 Å². The van der Waals surface area contributed by atoms with Gasteiger partial charge >= 0.3 is 0 Å². The normalized spacial score (nSPS) is 17.9. The molecule has 1 amide bonds. The molecule has 2 N–H and O–H groups in total. The molecule has 1 aliphatic carbocycles. The van der Waals surface area contributed by atoms with Crippen molar-refractivity contribution in [2.75, 3.05) is 11.1 Å². The summed E-state index contributed by atoms with van der Waals surface area (Å²) in [5, 5.41) is 16.7. The first-order chi connectivity index (χ1) is 16.4. The number of nitriles is 1. The van der Waals surface area contributed by atoms with E-state index in [-0.39, 0.29) is 23.3 Å². The van der Waals surface area contributed by atoms with Crippen LogP contribution in [0.2, 0.25) is 0 Å². The summed E-state index contributed by atoms with van der Waals surface area (Å²) in [7, 11) is 0. The summed E-state index contributed by atoms with van der Waals surface area (Å²) in [4.78, 5) is 25.4. The van der Waals surface area contributed by atoms with Gasteiger partial charge in [0, 0.05) is 23.4 Å². The number of nitrogens with zero attached hydrogens (tertiary/aromatic N) is 1. The topological polar surface area (TPSA) is 82.0 Å². The fraction of sp³-hybridized carbons (Fsp3) is 0.296. The average Bonchev–Trinajstić information content (AvgIpc) is 2.83. The zero-order valence-corrected chi connectivity index (χ0v) is 20.0. The number of anilines is 1. The Hall–Kier alpha value is -3.37. The molecule has 0 aromatic heterocycles. The van der Waals surface area contributed by atoms with Crippen LogP contribution in [0, 0.1) is 17.1 Å². The number of benzene rings is 2. The molecule has 1 heterocycles. The molecule has 0 fully saturated rings. The third kappa shape index (κ3) is 5.07. The Morgan fingerprint density at radius 3 is 2.53 bits per heavy atom. The molecule has 0 saturated carbocycles. The summed E-state index contributed by atoms with van der Waals surface area (Å²) in [5.74, 6) is -0.567. The number of Topliss-reactive ketones (excluding diaryl/α,β-unsaturated/α-hetero) is 1. The Kier molecular flexibility index (Phi) is 7.18. The van der Waals surface area contributed by atoms with Gasteiger partial charge in [0.2, 0.25) is 5.91 Å². The van der Waals surface area contributed by atoms with Gasteiger partial charge in [0.1, 0.15) is 5.82 Å². The zero-order chi connectivity index (χ0) is 24.2. The van der Waals surface area contributed by atoms with E-state index in [0.717, 1.165) is 24.1 Å². The van der Waals surface area contributed by atoms with Crippen LogP contribution in [0.4, 0.5) is 10.1 Å². The Balaban J connectivity index is 1.61. The summed E-state index contributed by atoms with van der Waals surface area (Å²) < 4.78 is 13.1. The number of amides is 1. The zero-order valence-electron chi connectivity index (χ0n) is 19.2. The second-order valence-electron chi connectivity index (χ2n) is 8.75. The molecule has 0 saturated heterocycles. The Bertz CT molecular complexity index is 1210. The summed E-state index contributed by atoms with van der Waals surface area (Å²) in [6, 6.07) is 16.0. The van der Waals surface area contributed by atoms with Crippen LogP contribution in [0.25, 0.3) is 0 Å². The van der Waals surface area contributed by atoms with Gasteiger partial charge in [-0.25, -0.2) is 4.39 Å². The van der Waals surface area contributed by atoms with Crippen LogP contribution in [0.1, 0.15) is 56.1 Å². The van der Waals surface area contributed by atoms with Crippen LogP contribution < -0.4 is 10.6 Å². The highest BCUT2D eigenvalue weighted by Gasteiger charge is 2.37. The number of dihydropyridines is 1. The van der Waals surface area contributed by atoms with Gasteiger partial charge in [-0.3, -0.25) is 9.59 Å². The summed E-state index contributed by atoms with van der Waals surface area (Å²) >= 11 is 1.24. The molecule has 2 aromatic rings. The molecule has 1 unspecified atom stereocenters. The van der Waals surface area contributed by atoms with Gasteiger partial charge in [-0.1, -0.05) is 49.9 Å². The van der Waals surface area contributed by atoms with Crippen molar-refractivity contribution in [3.8, 4) is 6.07 Å². The number of hydrogen-bond donors (Lipinski definition) is 2. The van der Waals surface area contributed by atoms with Crippen molar-refractivity contribution in [2.24, 2.45) is 0 Å². The van der Waals surface area contributed by atoms with Gasteiger partial charge in [0.05, 0.1) is 28.3 Å². The molecule has 0 bridgehead atoms. The minimum absolute atomic E-state index is 0.0672. The Morgan fingerprint density at radius 2 is 1.88 bits per heavy atom. The summed E-state index contributed by atoms with van der Waals surface area (Å²) in [5.41, 5.74) is 4.56. The number of carbonyl (C=O) groups is 2. The van der Waals surface area contributed by atoms with Crippen molar-refractivity contribution in [1.29, 1.82) is 5.26 Å². The highest BCUT2D eigenvalue weighted by Crippen LogP contribution is 2.44. The lowest BCUT2D eigenvalue weighted by atomic mass is 9.76. The van der Waals surface area contributed by atoms with Crippen LogP contribution in [0.5, 0.6) is 0 Å². The number of halogens is 1. The quantitative estimate of drug-likeness (QED) is 0.556. The van der Waals surface area contributed by atoms with Crippen molar-refractivity contribution in [3.05, 3.63) is 87.3 Å². The molecule has 174 valence electrons. The van der Waals surface area contributed by atoms with E-state index in [1.54, 1.807) is 0 Å². The predicted molar refractivity (Wildman–Crippen MR) is 132 cm³/mol. The SMILES string of the molecule is CC(C)c1ccc(C2C(C#N)=C(SCC(=O)Nc3ccc(F)cc3)NC3=C2C(=O)CCC3)cc1. The Labute approximate surface area is 203 Å². The lowest BCUT2D eigenvalue weighted by Gasteiger charge is -2.33. The van der Waals surface area contributed by atoms with Crippen LogP contribution in [-0.2, 0) is 9.59 Å². The van der Waals surface area contributed by atoms with Crippen LogP contribution in [-0.4, -0.2) is 17.4 Å². The minimum Gasteiger partial charge on any atom is -0.352 e. The number of rotatable bonds is 6. The fourth-order valence-corrected chi connectivity index (χ4v) is 5.17. The third-order valence-electron chi connectivity index (χ3n) is 6.08. The van der Waals surface area contributed by atoms with E-state index in [9.17, 15) is 19.2 Å². The minimum atomic E-state index is -0.446. The molecule has 1 atom stereocenters. The second kappa shape index (κ2) is 10.3. The van der Waals surface area contributed by atoms with Crippen molar-refractivity contribution < 1.29 is 14.0 Å². The molecule has 0 spiro atoms. The number of nitrogens with one attached hydrogen (secondary N) is 2. The summed E-state index contributed by atoms with van der Waals surface area (Å²) in [6.45, 7) is 4.24. The summed E-state index contributed by atoms with van der Waals surface area (Å²) in [6.07, 6.45) is 1.96. The lowest BCUT2D eigenvalue weighted by molar-refractivity contribution is -0.116. The molecule has 2 aromatic carbocycles. The van der Waals surface area contributed by atoms with Crippen LogP contribution >= 0.6 is 11.8 Å². The van der Waals surface area contributed by atoms with Gasteiger partial charge in [0.25, 0.3) is 0 Å².